The van der Waals surface area contributed by atoms with Crippen LogP contribution in [0.15, 0.2) is 12.3 Å². The van der Waals surface area contributed by atoms with Gasteiger partial charge in [-0.25, -0.2) is 4.98 Å². The zero-order chi connectivity index (χ0) is 14.5. The Labute approximate surface area is 126 Å². The van der Waals surface area contributed by atoms with E-state index in [2.05, 4.69) is 17.2 Å². The smallest absolute Gasteiger partial charge is 0.255 e. The second kappa shape index (κ2) is 7.04. The minimum absolute atomic E-state index is 0.0989. The topological polar surface area (TPSA) is 62.3 Å². The Morgan fingerprint density at radius 2 is 2.20 bits per heavy atom. The second-order valence-corrected chi connectivity index (χ2v) is 6.72. The van der Waals surface area contributed by atoms with E-state index < -0.39 is 10.8 Å². The number of aromatic nitrogens is 1. The summed E-state index contributed by atoms with van der Waals surface area (Å²) in [4.78, 5) is 18.2. The zero-order valence-corrected chi connectivity index (χ0v) is 13.0. The van der Waals surface area contributed by atoms with Gasteiger partial charge in [-0.2, -0.15) is 0 Å². The van der Waals surface area contributed by atoms with E-state index in [0.717, 1.165) is 13.0 Å². The number of carbonyl (C=O) groups excluding carboxylic acids is 1. The number of hydrogen-bond donors (Lipinski definition) is 1. The molecule has 1 fully saturated rings. The molecule has 1 aliphatic rings. The summed E-state index contributed by atoms with van der Waals surface area (Å²) in [5.74, 6) is 1.59. The molecule has 20 heavy (non-hydrogen) atoms. The number of rotatable bonds is 4. The molecule has 0 atom stereocenters. The van der Waals surface area contributed by atoms with Gasteiger partial charge >= 0.3 is 0 Å². The molecule has 1 aromatic heterocycles. The molecule has 2 rings (SSSR count). The molecule has 0 bridgehead atoms. The van der Waals surface area contributed by atoms with Gasteiger partial charge in [0.2, 0.25) is 0 Å². The van der Waals surface area contributed by atoms with E-state index >= 15 is 0 Å². The highest BCUT2D eigenvalue weighted by Gasteiger charge is 2.22. The molecule has 0 aromatic carbocycles. The van der Waals surface area contributed by atoms with Crippen LogP contribution in [0.1, 0.15) is 23.7 Å². The predicted molar refractivity (Wildman–Crippen MR) is 81.8 cm³/mol. The van der Waals surface area contributed by atoms with Crippen molar-refractivity contribution >= 4 is 34.1 Å². The van der Waals surface area contributed by atoms with E-state index in [1.807, 2.05) is 0 Å². The molecule has 1 amide bonds. The first-order valence-corrected chi connectivity index (χ1v) is 8.52. The van der Waals surface area contributed by atoms with E-state index in [1.165, 1.54) is 6.20 Å². The van der Waals surface area contributed by atoms with Crippen LogP contribution in [0.2, 0.25) is 5.02 Å². The highest BCUT2D eigenvalue weighted by Crippen LogP contribution is 2.21. The van der Waals surface area contributed by atoms with E-state index in [1.54, 1.807) is 11.0 Å². The van der Waals surface area contributed by atoms with Crippen molar-refractivity contribution in [3.8, 4) is 0 Å². The molecular weight excluding hydrogens is 298 g/mol. The summed E-state index contributed by atoms with van der Waals surface area (Å²) in [6.07, 6.45) is 2.52. The number of hydrogen-bond acceptors (Lipinski definition) is 4. The molecule has 2 heterocycles. The molecule has 1 aromatic rings. The van der Waals surface area contributed by atoms with Crippen LogP contribution in [0.4, 0.5) is 5.82 Å². The molecule has 1 aliphatic heterocycles. The summed E-state index contributed by atoms with van der Waals surface area (Å²) in [7, 11) is -0.791. The summed E-state index contributed by atoms with van der Waals surface area (Å²) in [5.41, 5.74) is 0.477. The van der Waals surface area contributed by atoms with Crippen molar-refractivity contribution in [1.29, 1.82) is 0 Å². The fourth-order valence-electron chi connectivity index (χ4n) is 1.95. The normalized spacial score (nSPS) is 16.2. The number of pyridine rings is 1. The average molecular weight is 316 g/mol. The first kappa shape index (κ1) is 15.3. The lowest BCUT2D eigenvalue weighted by atomic mass is 10.2. The van der Waals surface area contributed by atoms with Crippen LogP contribution < -0.4 is 5.32 Å². The number of halogens is 1. The summed E-state index contributed by atoms with van der Waals surface area (Å²) < 4.78 is 11.3. The summed E-state index contributed by atoms with van der Waals surface area (Å²) in [6.45, 7) is 3.90. The lowest BCUT2D eigenvalue weighted by Crippen LogP contribution is -2.41. The molecular formula is C13H18ClN3O2S. The van der Waals surface area contributed by atoms with Crippen LogP contribution in [0, 0.1) is 0 Å². The number of anilines is 1. The Hall–Kier alpha value is -1.14. The lowest BCUT2D eigenvalue weighted by molar-refractivity contribution is 0.0771. The first-order valence-electron chi connectivity index (χ1n) is 6.65. The Kier molecular flexibility index (Phi) is 5.37. The molecule has 0 aliphatic carbocycles. The van der Waals surface area contributed by atoms with E-state index in [0.29, 0.717) is 41.0 Å². The Balaban J connectivity index is 2.07. The van der Waals surface area contributed by atoms with Gasteiger partial charge < -0.3 is 10.2 Å². The third kappa shape index (κ3) is 3.70. The largest absolute Gasteiger partial charge is 0.369 e. The number of carbonyl (C=O) groups is 1. The molecule has 110 valence electrons. The molecule has 5 nitrogen and oxygen atoms in total. The molecule has 7 heteroatoms. The summed E-state index contributed by atoms with van der Waals surface area (Å²) >= 11 is 6.13. The number of amides is 1. The van der Waals surface area contributed by atoms with Crippen molar-refractivity contribution in [1.82, 2.24) is 9.88 Å². The second-order valence-electron chi connectivity index (χ2n) is 4.62. The van der Waals surface area contributed by atoms with Gasteiger partial charge in [0.1, 0.15) is 5.82 Å². The zero-order valence-electron chi connectivity index (χ0n) is 11.4. The van der Waals surface area contributed by atoms with Gasteiger partial charge in [-0.05, 0) is 12.5 Å². The van der Waals surface area contributed by atoms with Crippen LogP contribution in [-0.2, 0) is 10.8 Å². The van der Waals surface area contributed by atoms with Gasteiger partial charge in [-0.1, -0.05) is 18.5 Å². The number of nitrogens with one attached hydrogen (secondary N) is 1. The Bertz CT molecular complexity index is 514. The van der Waals surface area contributed by atoms with Crippen molar-refractivity contribution in [3.05, 3.63) is 22.8 Å². The maximum Gasteiger partial charge on any atom is 0.255 e. The average Bonchev–Trinajstić information content (AvgIpc) is 2.46. The van der Waals surface area contributed by atoms with Gasteiger partial charge in [0.15, 0.2) is 0 Å². The third-order valence-electron chi connectivity index (χ3n) is 3.10. The SMILES string of the molecule is CCCNc1ncc(C(=O)N2CCS(=O)CC2)cc1Cl. The van der Waals surface area contributed by atoms with Crippen LogP contribution >= 0.6 is 11.6 Å². The van der Waals surface area contributed by atoms with Gasteiger partial charge in [0, 0.05) is 48.1 Å². The van der Waals surface area contributed by atoms with Crippen LogP contribution in [0.3, 0.4) is 0 Å². The van der Waals surface area contributed by atoms with Crippen LogP contribution in [-0.4, -0.2) is 51.1 Å². The summed E-state index contributed by atoms with van der Waals surface area (Å²) in [6, 6.07) is 1.64. The highest BCUT2D eigenvalue weighted by molar-refractivity contribution is 7.85. The monoisotopic (exact) mass is 315 g/mol. The fraction of sp³-hybridized carbons (Fsp3) is 0.538. The van der Waals surface area contributed by atoms with Gasteiger partial charge in [0.25, 0.3) is 5.91 Å². The van der Waals surface area contributed by atoms with Gasteiger partial charge in [-0.15, -0.1) is 0 Å². The summed E-state index contributed by atoms with van der Waals surface area (Å²) in [5, 5.41) is 3.55. The van der Waals surface area contributed by atoms with Crippen LogP contribution in [0.25, 0.3) is 0 Å². The van der Waals surface area contributed by atoms with Crippen LogP contribution in [0.5, 0.6) is 0 Å². The standard InChI is InChI=1S/C13H18ClN3O2S/c1-2-3-15-12-11(14)8-10(9-16-12)13(18)17-4-6-20(19)7-5-17/h8-9H,2-7H2,1H3,(H,15,16). The minimum Gasteiger partial charge on any atom is -0.369 e. The van der Waals surface area contributed by atoms with E-state index in [-0.39, 0.29) is 5.91 Å². The minimum atomic E-state index is -0.791. The van der Waals surface area contributed by atoms with Crippen molar-refractivity contribution in [2.24, 2.45) is 0 Å². The lowest BCUT2D eigenvalue weighted by Gasteiger charge is -2.26. The maximum atomic E-state index is 12.3. The third-order valence-corrected chi connectivity index (χ3v) is 4.66. The molecule has 1 saturated heterocycles. The molecule has 0 unspecified atom stereocenters. The first-order chi connectivity index (χ1) is 9.61. The van der Waals surface area contributed by atoms with Crippen molar-refractivity contribution in [3.63, 3.8) is 0 Å². The Morgan fingerprint density at radius 1 is 1.50 bits per heavy atom. The molecule has 1 N–H and O–H groups in total. The van der Waals surface area contributed by atoms with Crippen molar-refractivity contribution in [2.75, 3.05) is 36.5 Å². The number of nitrogens with zero attached hydrogens (tertiary/aromatic N) is 2. The quantitative estimate of drug-likeness (QED) is 0.919. The van der Waals surface area contributed by atoms with Crippen molar-refractivity contribution < 1.29 is 9.00 Å². The predicted octanol–water partition coefficient (Wildman–Crippen LogP) is 1.76. The molecule has 0 radical (unpaired) electrons. The highest BCUT2D eigenvalue weighted by atomic mass is 35.5. The Morgan fingerprint density at radius 3 is 2.80 bits per heavy atom. The van der Waals surface area contributed by atoms with Gasteiger partial charge in [-0.3, -0.25) is 9.00 Å². The van der Waals surface area contributed by atoms with Gasteiger partial charge in [0.05, 0.1) is 10.6 Å². The molecule has 0 saturated carbocycles. The van der Waals surface area contributed by atoms with E-state index in [4.69, 9.17) is 11.6 Å². The molecule has 0 spiro atoms. The van der Waals surface area contributed by atoms with Crippen molar-refractivity contribution in [2.45, 2.75) is 13.3 Å². The van der Waals surface area contributed by atoms with E-state index in [9.17, 15) is 9.00 Å². The maximum absolute atomic E-state index is 12.3. The fourth-order valence-corrected chi connectivity index (χ4v) is 3.24.